The van der Waals surface area contributed by atoms with E-state index in [0.29, 0.717) is 44.0 Å². The minimum Gasteiger partial charge on any atom is -0.379 e. The van der Waals surface area contributed by atoms with Crippen molar-refractivity contribution in [3.63, 3.8) is 0 Å². The Hall–Kier alpha value is -3.72. The van der Waals surface area contributed by atoms with Gasteiger partial charge in [0.2, 0.25) is 10.0 Å². The van der Waals surface area contributed by atoms with Crippen molar-refractivity contribution in [2.75, 3.05) is 37.7 Å². The van der Waals surface area contributed by atoms with E-state index in [9.17, 15) is 13.2 Å². The summed E-state index contributed by atoms with van der Waals surface area (Å²) in [6.07, 6.45) is 1.91. The van der Waals surface area contributed by atoms with Gasteiger partial charge in [-0.1, -0.05) is 36.4 Å². The summed E-state index contributed by atoms with van der Waals surface area (Å²) >= 11 is 0. The van der Waals surface area contributed by atoms with Gasteiger partial charge in [-0.2, -0.15) is 4.31 Å². The van der Waals surface area contributed by atoms with Crippen molar-refractivity contribution >= 4 is 44.0 Å². The maximum Gasteiger partial charge on any atom is 0.258 e. The second-order valence-corrected chi connectivity index (χ2v) is 11.9. The zero-order valence-electron chi connectivity index (χ0n) is 22.3. The number of anilines is 1. The lowest BCUT2D eigenvalue weighted by atomic mass is 10.0. The van der Waals surface area contributed by atoms with Crippen molar-refractivity contribution in [1.29, 1.82) is 0 Å². The number of aryl methyl sites for hydroxylation is 1. The summed E-state index contributed by atoms with van der Waals surface area (Å²) in [7, 11) is -3.70. The van der Waals surface area contributed by atoms with Gasteiger partial charge in [-0.25, -0.2) is 8.42 Å². The zero-order chi connectivity index (χ0) is 27.3. The molecular formula is C31H31N3O4S. The van der Waals surface area contributed by atoms with Gasteiger partial charge >= 0.3 is 0 Å². The van der Waals surface area contributed by atoms with E-state index in [1.54, 1.807) is 23.1 Å². The molecule has 0 radical (unpaired) electrons. The summed E-state index contributed by atoms with van der Waals surface area (Å²) in [6, 6.07) is 21.7. The number of likely N-dealkylation sites (N-methyl/N-ethyl adjacent to an activating group) is 1. The van der Waals surface area contributed by atoms with E-state index >= 15 is 0 Å². The fraction of sp³-hybridized carbons (Fsp3) is 0.258. The molecule has 2 aliphatic rings. The number of aromatic nitrogens is 1. The van der Waals surface area contributed by atoms with Crippen LogP contribution >= 0.6 is 0 Å². The minimum atomic E-state index is -3.70. The molecule has 1 fully saturated rings. The van der Waals surface area contributed by atoms with Crippen molar-refractivity contribution in [2.45, 2.75) is 25.7 Å². The normalized spacial score (nSPS) is 17.4. The lowest BCUT2D eigenvalue weighted by molar-refractivity contribution is -0.112. The fourth-order valence-electron chi connectivity index (χ4n) is 5.75. The molecule has 200 valence electrons. The molecule has 2 aliphatic heterocycles. The molecule has 0 N–H and O–H groups in total. The highest BCUT2D eigenvalue weighted by Crippen LogP contribution is 2.40. The van der Waals surface area contributed by atoms with Gasteiger partial charge < -0.3 is 14.2 Å². The lowest BCUT2D eigenvalue weighted by Gasteiger charge is -2.26. The van der Waals surface area contributed by atoms with Crippen LogP contribution in [0.1, 0.15) is 29.4 Å². The van der Waals surface area contributed by atoms with Gasteiger partial charge in [0.1, 0.15) is 0 Å². The topological polar surface area (TPSA) is 71.9 Å². The smallest absolute Gasteiger partial charge is 0.258 e. The van der Waals surface area contributed by atoms with E-state index in [1.807, 2.05) is 25.1 Å². The third-order valence-electron chi connectivity index (χ3n) is 7.73. The largest absolute Gasteiger partial charge is 0.379 e. The first kappa shape index (κ1) is 25.6. The first-order valence-electron chi connectivity index (χ1n) is 13.2. The zero-order valence-corrected chi connectivity index (χ0v) is 23.2. The van der Waals surface area contributed by atoms with Crippen LogP contribution in [0.3, 0.4) is 0 Å². The number of nitrogens with zero attached hydrogens (tertiary/aromatic N) is 3. The predicted molar refractivity (Wildman–Crippen MR) is 155 cm³/mol. The highest BCUT2D eigenvalue weighted by molar-refractivity contribution is 7.89. The molecule has 0 spiro atoms. The number of carbonyl (C=O) groups excluding carboxylic acids is 1. The van der Waals surface area contributed by atoms with Crippen LogP contribution in [0.5, 0.6) is 0 Å². The Morgan fingerprint density at radius 2 is 1.67 bits per heavy atom. The molecule has 3 heterocycles. The van der Waals surface area contributed by atoms with Crippen molar-refractivity contribution in [3.05, 3.63) is 89.2 Å². The van der Waals surface area contributed by atoms with Gasteiger partial charge in [-0.3, -0.25) is 4.79 Å². The predicted octanol–water partition coefficient (Wildman–Crippen LogP) is 5.18. The lowest BCUT2D eigenvalue weighted by Crippen LogP contribution is -2.40. The summed E-state index contributed by atoms with van der Waals surface area (Å²) in [5, 5.41) is 2.31. The second kappa shape index (κ2) is 9.79. The number of amides is 1. The summed E-state index contributed by atoms with van der Waals surface area (Å²) in [4.78, 5) is 15.5. The van der Waals surface area contributed by atoms with E-state index in [-0.39, 0.29) is 10.8 Å². The first-order chi connectivity index (χ1) is 18.8. The Bertz CT molecular complexity index is 1740. The van der Waals surface area contributed by atoms with Crippen molar-refractivity contribution in [3.8, 4) is 5.69 Å². The van der Waals surface area contributed by atoms with Gasteiger partial charge in [-0.05, 0) is 68.1 Å². The maximum absolute atomic E-state index is 13.6. The molecule has 0 saturated carbocycles. The highest BCUT2D eigenvalue weighted by Gasteiger charge is 2.34. The van der Waals surface area contributed by atoms with E-state index in [0.717, 1.165) is 39.1 Å². The molecule has 0 atom stereocenters. The van der Waals surface area contributed by atoms with Gasteiger partial charge in [0.25, 0.3) is 5.91 Å². The summed E-state index contributed by atoms with van der Waals surface area (Å²) < 4.78 is 35.8. The number of ether oxygens (including phenoxy) is 1. The van der Waals surface area contributed by atoms with Crippen molar-refractivity contribution in [1.82, 2.24) is 8.87 Å². The standard InChI is InChI=1S/C31H31N3O4S/c1-4-33-29-13-12-25(39(36,37)32-14-16-38-17-15-32)20-27(29)28(31(33)35)19-24-18-21(2)34(22(24)3)30-11-7-9-23-8-5-6-10-26(23)30/h5-13,18-20H,4,14-17H2,1-3H3/b28-19+. The Balaban J connectivity index is 1.47. The molecule has 6 rings (SSSR count). The molecule has 4 aromatic rings. The van der Waals surface area contributed by atoms with Crippen LogP contribution in [0, 0.1) is 13.8 Å². The van der Waals surface area contributed by atoms with Crippen LogP contribution in [0.2, 0.25) is 0 Å². The SMILES string of the molecule is CCN1C(=O)/C(=C/c2cc(C)n(-c3cccc4ccccc34)c2C)c2cc(S(=O)(=O)N3CCOCC3)ccc21. The van der Waals surface area contributed by atoms with Crippen LogP contribution in [0.4, 0.5) is 5.69 Å². The fourth-order valence-corrected chi connectivity index (χ4v) is 7.18. The van der Waals surface area contributed by atoms with E-state index in [1.165, 1.54) is 4.31 Å². The van der Waals surface area contributed by atoms with Gasteiger partial charge in [0, 0.05) is 47.5 Å². The monoisotopic (exact) mass is 541 g/mol. The molecule has 3 aromatic carbocycles. The number of sulfonamides is 1. The van der Waals surface area contributed by atoms with Crippen molar-refractivity contribution in [2.24, 2.45) is 0 Å². The second-order valence-electron chi connectivity index (χ2n) is 9.96. The van der Waals surface area contributed by atoms with Gasteiger partial charge in [0.15, 0.2) is 0 Å². The Kier molecular flexibility index (Phi) is 6.41. The summed E-state index contributed by atoms with van der Waals surface area (Å²) in [5.41, 5.74) is 5.96. The molecular weight excluding hydrogens is 510 g/mol. The first-order valence-corrected chi connectivity index (χ1v) is 14.7. The summed E-state index contributed by atoms with van der Waals surface area (Å²) in [6.45, 7) is 7.94. The Morgan fingerprint density at radius 1 is 0.923 bits per heavy atom. The van der Waals surface area contributed by atoms with E-state index in [2.05, 4.69) is 54.8 Å². The molecule has 1 amide bonds. The number of carbonyl (C=O) groups is 1. The molecule has 0 unspecified atom stereocenters. The van der Waals surface area contributed by atoms with Crippen LogP contribution in [0.15, 0.2) is 71.6 Å². The van der Waals surface area contributed by atoms with E-state index in [4.69, 9.17) is 4.74 Å². The molecule has 1 aromatic heterocycles. The number of hydrogen-bond donors (Lipinski definition) is 0. The van der Waals surface area contributed by atoms with Crippen LogP contribution < -0.4 is 4.90 Å². The molecule has 39 heavy (non-hydrogen) atoms. The highest BCUT2D eigenvalue weighted by atomic mass is 32.2. The van der Waals surface area contributed by atoms with Crippen LogP contribution in [-0.2, 0) is 19.6 Å². The average molecular weight is 542 g/mol. The number of fused-ring (bicyclic) bond motifs is 2. The Morgan fingerprint density at radius 3 is 2.44 bits per heavy atom. The quantitative estimate of drug-likeness (QED) is 0.327. The number of benzene rings is 3. The van der Waals surface area contributed by atoms with Crippen LogP contribution in [0.25, 0.3) is 28.1 Å². The summed E-state index contributed by atoms with van der Waals surface area (Å²) in [5.74, 6) is -0.122. The molecule has 0 bridgehead atoms. The maximum atomic E-state index is 13.6. The van der Waals surface area contributed by atoms with E-state index < -0.39 is 10.0 Å². The van der Waals surface area contributed by atoms with Crippen molar-refractivity contribution < 1.29 is 17.9 Å². The third kappa shape index (κ3) is 4.19. The van der Waals surface area contributed by atoms with Gasteiger partial charge in [0.05, 0.1) is 29.5 Å². The number of rotatable bonds is 5. The Labute approximate surface area is 229 Å². The number of morpholine rings is 1. The number of hydrogen-bond acceptors (Lipinski definition) is 4. The molecule has 7 nitrogen and oxygen atoms in total. The average Bonchev–Trinajstić information content (AvgIpc) is 3.39. The molecule has 8 heteroatoms. The third-order valence-corrected chi connectivity index (χ3v) is 9.62. The minimum absolute atomic E-state index is 0.122. The molecule has 0 aliphatic carbocycles. The molecule has 1 saturated heterocycles. The van der Waals surface area contributed by atoms with Crippen LogP contribution in [-0.4, -0.2) is 56.0 Å². The van der Waals surface area contributed by atoms with Gasteiger partial charge in [-0.15, -0.1) is 0 Å².